The first kappa shape index (κ1) is 24.2. The summed E-state index contributed by atoms with van der Waals surface area (Å²) in [6.07, 6.45) is 12.0. The summed E-state index contributed by atoms with van der Waals surface area (Å²) in [5.41, 5.74) is 0. The van der Waals surface area contributed by atoms with E-state index >= 15 is 0 Å². The molecule has 0 amide bonds. The van der Waals surface area contributed by atoms with Crippen molar-refractivity contribution in [2.75, 3.05) is 53.0 Å². The molecule has 164 valence electrons. The smallest absolute Gasteiger partial charge is 0.191 e. The van der Waals surface area contributed by atoms with Gasteiger partial charge in [0, 0.05) is 45.9 Å². The summed E-state index contributed by atoms with van der Waals surface area (Å²) in [7, 11) is 1.86. The van der Waals surface area contributed by atoms with E-state index in [2.05, 4.69) is 20.5 Å². The van der Waals surface area contributed by atoms with Crippen LogP contribution < -0.4 is 10.6 Å². The molecule has 0 aromatic carbocycles. The van der Waals surface area contributed by atoms with Crippen LogP contribution in [-0.2, 0) is 9.47 Å². The van der Waals surface area contributed by atoms with Gasteiger partial charge in [-0.3, -0.25) is 4.99 Å². The molecular weight excluding hydrogens is 467 g/mol. The lowest BCUT2D eigenvalue weighted by Crippen LogP contribution is -2.49. The Bertz CT molecular complexity index is 430. The van der Waals surface area contributed by atoms with Gasteiger partial charge in [0.05, 0.1) is 19.3 Å². The van der Waals surface area contributed by atoms with Crippen molar-refractivity contribution in [3.63, 3.8) is 0 Å². The molecule has 1 saturated carbocycles. The Balaban J connectivity index is 0.00000280. The van der Waals surface area contributed by atoms with Crippen molar-refractivity contribution in [3.8, 4) is 0 Å². The minimum absolute atomic E-state index is 0. The van der Waals surface area contributed by atoms with Crippen LogP contribution in [0.5, 0.6) is 0 Å². The molecule has 3 fully saturated rings. The van der Waals surface area contributed by atoms with Crippen LogP contribution in [0.2, 0.25) is 0 Å². The van der Waals surface area contributed by atoms with Crippen molar-refractivity contribution in [3.05, 3.63) is 0 Å². The van der Waals surface area contributed by atoms with Crippen LogP contribution in [0, 0.1) is 5.92 Å². The fourth-order valence-electron chi connectivity index (χ4n) is 4.54. The van der Waals surface area contributed by atoms with Crippen LogP contribution in [0.3, 0.4) is 0 Å². The Hall–Kier alpha value is -0.120. The van der Waals surface area contributed by atoms with Crippen LogP contribution in [0.25, 0.3) is 0 Å². The normalized spacial score (nSPS) is 25.9. The van der Waals surface area contributed by atoms with E-state index in [1.165, 1.54) is 77.4 Å². The second-order valence-electron chi connectivity index (χ2n) is 8.43. The number of piperidine rings is 1. The number of hydrogen-bond acceptors (Lipinski definition) is 4. The molecular formula is C21H41IN4O2. The van der Waals surface area contributed by atoms with Gasteiger partial charge in [0.2, 0.25) is 0 Å². The van der Waals surface area contributed by atoms with Crippen LogP contribution in [0.4, 0.5) is 0 Å². The molecule has 0 aromatic heterocycles. The van der Waals surface area contributed by atoms with Crippen LogP contribution in [0.15, 0.2) is 4.99 Å². The first-order valence-electron chi connectivity index (χ1n) is 11.2. The van der Waals surface area contributed by atoms with Gasteiger partial charge in [-0.1, -0.05) is 25.7 Å². The van der Waals surface area contributed by atoms with Crippen LogP contribution in [-0.4, -0.2) is 76.1 Å². The summed E-state index contributed by atoms with van der Waals surface area (Å²) in [5, 5.41) is 7.03. The third kappa shape index (κ3) is 8.71. The highest BCUT2D eigenvalue weighted by molar-refractivity contribution is 14.0. The number of ether oxygens (including phenoxy) is 2. The van der Waals surface area contributed by atoms with Crippen molar-refractivity contribution in [2.45, 2.75) is 69.9 Å². The molecule has 0 spiro atoms. The van der Waals surface area contributed by atoms with Gasteiger partial charge < -0.3 is 25.0 Å². The van der Waals surface area contributed by atoms with E-state index < -0.39 is 0 Å². The molecule has 0 radical (unpaired) electrons. The van der Waals surface area contributed by atoms with Gasteiger partial charge in [-0.2, -0.15) is 0 Å². The molecule has 2 heterocycles. The monoisotopic (exact) mass is 508 g/mol. The number of likely N-dealkylation sites (tertiary alicyclic amines) is 1. The summed E-state index contributed by atoms with van der Waals surface area (Å²) >= 11 is 0. The van der Waals surface area contributed by atoms with Gasteiger partial charge in [-0.15, -0.1) is 24.0 Å². The molecule has 7 heteroatoms. The third-order valence-corrected chi connectivity index (χ3v) is 6.24. The van der Waals surface area contributed by atoms with E-state index in [9.17, 15) is 0 Å². The highest BCUT2D eigenvalue weighted by Crippen LogP contribution is 2.19. The highest BCUT2D eigenvalue weighted by atomic mass is 127. The molecule has 1 aliphatic carbocycles. The van der Waals surface area contributed by atoms with E-state index in [1.807, 2.05) is 7.05 Å². The molecule has 3 rings (SSSR count). The van der Waals surface area contributed by atoms with E-state index in [0.717, 1.165) is 38.2 Å². The first-order chi connectivity index (χ1) is 13.3. The minimum atomic E-state index is 0. The van der Waals surface area contributed by atoms with Crippen molar-refractivity contribution < 1.29 is 9.47 Å². The fraction of sp³-hybridized carbons (Fsp3) is 0.952. The van der Waals surface area contributed by atoms with Gasteiger partial charge >= 0.3 is 0 Å². The average molecular weight is 508 g/mol. The topological polar surface area (TPSA) is 58.1 Å². The van der Waals surface area contributed by atoms with E-state index in [0.29, 0.717) is 12.1 Å². The van der Waals surface area contributed by atoms with E-state index in [1.54, 1.807) is 0 Å². The second-order valence-corrected chi connectivity index (χ2v) is 8.43. The van der Waals surface area contributed by atoms with Crippen LogP contribution >= 0.6 is 24.0 Å². The predicted octanol–water partition coefficient (Wildman–Crippen LogP) is 3.01. The van der Waals surface area contributed by atoms with Gasteiger partial charge in [0.15, 0.2) is 5.96 Å². The number of halogens is 1. The number of rotatable bonds is 7. The molecule has 1 atom stereocenters. The largest absolute Gasteiger partial charge is 0.381 e. The highest BCUT2D eigenvalue weighted by Gasteiger charge is 2.24. The summed E-state index contributed by atoms with van der Waals surface area (Å²) in [4.78, 5) is 7.00. The number of guanidine groups is 1. The van der Waals surface area contributed by atoms with Gasteiger partial charge in [0.1, 0.15) is 0 Å². The Morgan fingerprint density at radius 1 is 1.07 bits per heavy atom. The fourth-order valence-corrected chi connectivity index (χ4v) is 4.54. The average Bonchev–Trinajstić information content (AvgIpc) is 3.06. The second kappa shape index (κ2) is 14.0. The number of nitrogens with zero attached hydrogens (tertiary/aromatic N) is 2. The van der Waals surface area contributed by atoms with Crippen molar-refractivity contribution in [2.24, 2.45) is 10.9 Å². The SMILES string of the molecule is CN=C(NCCOC1CCCCCC1)NC1CCN(CC2CCOC2)CC1.I. The lowest BCUT2D eigenvalue weighted by Gasteiger charge is -2.34. The molecule has 2 saturated heterocycles. The van der Waals surface area contributed by atoms with Crippen molar-refractivity contribution in [1.82, 2.24) is 15.5 Å². The Morgan fingerprint density at radius 3 is 2.46 bits per heavy atom. The lowest BCUT2D eigenvalue weighted by molar-refractivity contribution is 0.0467. The number of aliphatic imine (C=N–C) groups is 1. The van der Waals surface area contributed by atoms with Crippen LogP contribution in [0.1, 0.15) is 57.8 Å². The molecule has 3 aliphatic rings. The quantitative estimate of drug-likeness (QED) is 0.182. The molecule has 0 aromatic rings. The Labute approximate surface area is 188 Å². The molecule has 28 heavy (non-hydrogen) atoms. The van der Waals surface area contributed by atoms with Crippen molar-refractivity contribution >= 4 is 29.9 Å². The van der Waals surface area contributed by atoms with E-state index in [4.69, 9.17) is 9.47 Å². The summed E-state index contributed by atoms with van der Waals surface area (Å²) in [6, 6.07) is 0.523. The molecule has 1 unspecified atom stereocenters. The summed E-state index contributed by atoms with van der Waals surface area (Å²) in [5.74, 6) is 1.67. The Morgan fingerprint density at radius 2 is 1.82 bits per heavy atom. The van der Waals surface area contributed by atoms with Crippen molar-refractivity contribution in [1.29, 1.82) is 0 Å². The standard InChI is InChI=1S/C21H40N4O2.HI/c1-22-21(23-11-15-27-20-6-4-2-3-5-7-20)24-19-8-12-25(13-9-19)16-18-10-14-26-17-18;/h18-20H,2-17H2,1H3,(H2,22,23,24);1H. The predicted molar refractivity (Wildman–Crippen MR) is 126 cm³/mol. The zero-order valence-electron chi connectivity index (χ0n) is 17.7. The summed E-state index contributed by atoms with van der Waals surface area (Å²) < 4.78 is 11.6. The maximum Gasteiger partial charge on any atom is 0.191 e. The Kier molecular flexibility index (Phi) is 12.1. The maximum absolute atomic E-state index is 6.06. The zero-order chi connectivity index (χ0) is 18.7. The molecule has 0 bridgehead atoms. The van der Waals surface area contributed by atoms with Gasteiger partial charge in [-0.25, -0.2) is 0 Å². The lowest BCUT2D eigenvalue weighted by atomic mass is 10.0. The molecule has 6 nitrogen and oxygen atoms in total. The number of hydrogen-bond donors (Lipinski definition) is 2. The molecule has 2 aliphatic heterocycles. The molecule has 2 N–H and O–H groups in total. The zero-order valence-corrected chi connectivity index (χ0v) is 20.0. The summed E-state index contributed by atoms with van der Waals surface area (Å²) in [6.45, 7) is 7.07. The van der Waals surface area contributed by atoms with E-state index in [-0.39, 0.29) is 24.0 Å². The number of nitrogens with one attached hydrogen (secondary N) is 2. The maximum atomic E-state index is 6.06. The van der Waals surface area contributed by atoms with Gasteiger partial charge in [-0.05, 0) is 38.0 Å². The van der Waals surface area contributed by atoms with Gasteiger partial charge in [0.25, 0.3) is 0 Å². The minimum Gasteiger partial charge on any atom is -0.381 e. The third-order valence-electron chi connectivity index (χ3n) is 6.24. The first-order valence-corrected chi connectivity index (χ1v) is 11.2.